The number of nitrogens with zero attached hydrogens (tertiary/aromatic N) is 6. The lowest BCUT2D eigenvalue weighted by Crippen LogP contribution is -2.46. The van der Waals surface area contributed by atoms with E-state index in [2.05, 4.69) is 73.7 Å². The van der Waals surface area contributed by atoms with Gasteiger partial charge in [-0.25, -0.2) is 4.98 Å². The predicted molar refractivity (Wildman–Crippen MR) is 123 cm³/mol. The average molecular weight is 432 g/mol. The molecule has 2 aromatic carbocycles. The predicted octanol–water partition coefficient (Wildman–Crippen LogP) is 3.98. The zero-order valence-electron chi connectivity index (χ0n) is 17.6. The van der Waals surface area contributed by atoms with Crippen molar-refractivity contribution in [1.82, 2.24) is 30.5 Å². The molecule has 1 N–H and O–H groups in total. The number of para-hydroxylation sites is 1. The zero-order chi connectivity index (χ0) is 20.8. The largest absolute Gasteiger partial charge is 0.368 e. The molecule has 1 saturated carbocycles. The summed E-state index contributed by atoms with van der Waals surface area (Å²) < 4.78 is 1.27. The first-order valence-corrected chi connectivity index (χ1v) is 11.8. The van der Waals surface area contributed by atoms with E-state index in [1.54, 1.807) is 0 Å². The Bertz CT molecular complexity index is 1170. The molecule has 2 fully saturated rings. The molecule has 1 saturated heterocycles. The third-order valence-corrected chi connectivity index (χ3v) is 7.42. The first kappa shape index (κ1) is 18.9. The SMILES string of the molecule is Cc1cc(-c2nn[nH]n2)c(N2CCN(Cc3nc4ccccc4s3)CC2)cc1C1CC1. The highest BCUT2D eigenvalue weighted by Gasteiger charge is 2.29. The lowest BCUT2D eigenvalue weighted by molar-refractivity contribution is 0.250. The van der Waals surface area contributed by atoms with E-state index in [0.29, 0.717) is 5.82 Å². The average Bonchev–Trinajstić information content (AvgIpc) is 3.31. The van der Waals surface area contributed by atoms with Crippen LogP contribution in [0.15, 0.2) is 36.4 Å². The van der Waals surface area contributed by atoms with Crippen LogP contribution >= 0.6 is 11.3 Å². The number of hydrogen-bond acceptors (Lipinski definition) is 7. The van der Waals surface area contributed by atoms with E-state index in [-0.39, 0.29) is 0 Å². The Morgan fingerprint density at radius 2 is 1.94 bits per heavy atom. The maximum absolute atomic E-state index is 4.82. The van der Waals surface area contributed by atoms with Crippen molar-refractivity contribution < 1.29 is 0 Å². The summed E-state index contributed by atoms with van der Waals surface area (Å²) in [7, 11) is 0. The number of aromatic amines is 1. The maximum Gasteiger partial charge on any atom is 0.206 e. The fraction of sp³-hybridized carbons (Fsp3) is 0.391. The van der Waals surface area contributed by atoms with Gasteiger partial charge in [0.05, 0.1) is 16.8 Å². The van der Waals surface area contributed by atoms with Crippen molar-refractivity contribution in [3.05, 3.63) is 52.5 Å². The molecule has 2 aromatic heterocycles. The molecule has 8 heteroatoms. The molecule has 4 aromatic rings. The van der Waals surface area contributed by atoms with Gasteiger partial charge >= 0.3 is 0 Å². The van der Waals surface area contributed by atoms with E-state index in [1.807, 2.05) is 11.3 Å². The molecular weight excluding hydrogens is 406 g/mol. The minimum Gasteiger partial charge on any atom is -0.368 e. The molecular formula is C23H25N7S. The van der Waals surface area contributed by atoms with Crippen molar-refractivity contribution in [3.63, 3.8) is 0 Å². The number of anilines is 1. The third kappa shape index (κ3) is 3.70. The van der Waals surface area contributed by atoms with Gasteiger partial charge in [-0.3, -0.25) is 4.90 Å². The van der Waals surface area contributed by atoms with Crippen LogP contribution < -0.4 is 4.90 Å². The van der Waals surface area contributed by atoms with Crippen LogP contribution in [-0.2, 0) is 6.54 Å². The molecule has 0 unspecified atom stereocenters. The van der Waals surface area contributed by atoms with E-state index in [0.717, 1.165) is 49.7 Å². The van der Waals surface area contributed by atoms with Gasteiger partial charge in [0.15, 0.2) is 0 Å². The first-order chi connectivity index (χ1) is 15.2. The quantitative estimate of drug-likeness (QED) is 0.515. The minimum absolute atomic E-state index is 0.678. The van der Waals surface area contributed by atoms with Gasteiger partial charge in [0.2, 0.25) is 5.82 Å². The van der Waals surface area contributed by atoms with Crippen LogP contribution in [0.3, 0.4) is 0 Å². The molecule has 6 rings (SSSR count). The molecule has 158 valence electrons. The van der Waals surface area contributed by atoms with Gasteiger partial charge < -0.3 is 4.90 Å². The number of nitrogens with one attached hydrogen (secondary N) is 1. The second kappa shape index (κ2) is 7.69. The van der Waals surface area contributed by atoms with Crippen molar-refractivity contribution in [2.75, 3.05) is 31.1 Å². The standard InChI is InChI=1S/C23H25N7S/c1-15-12-18(23-25-27-28-26-23)20(13-17(15)16-6-7-16)30-10-8-29(9-11-30)14-22-24-19-4-2-3-5-21(19)31-22/h2-5,12-13,16H,6-11,14H2,1H3,(H,25,26,27,28). The third-order valence-electron chi connectivity index (χ3n) is 6.40. The summed E-state index contributed by atoms with van der Waals surface area (Å²) in [4.78, 5) is 9.82. The molecule has 0 atom stereocenters. The molecule has 1 aliphatic carbocycles. The Balaban J connectivity index is 1.22. The second-order valence-corrected chi connectivity index (χ2v) is 9.69. The highest BCUT2D eigenvalue weighted by atomic mass is 32.1. The van der Waals surface area contributed by atoms with Gasteiger partial charge in [-0.2, -0.15) is 5.21 Å². The molecule has 1 aliphatic heterocycles. The monoisotopic (exact) mass is 431 g/mol. The highest BCUT2D eigenvalue weighted by molar-refractivity contribution is 7.18. The van der Waals surface area contributed by atoms with Crippen LogP contribution in [0.5, 0.6) is 0 Å². The van der Waals surface area contributed by atoms with Crippen molar-refractivity contribution in [3.8, 4) is 11.4 Å². The number of tetrazole rings is 1. The van der Waals surface area contributed by atoms with Crippen LogP contribution in [0, 0.1) is 6.92 Å². The van der Waals surface area contributed by atoms with Crippen LogP contribution in [0.1, 0.15) is 34.9 Å². The summed E-state index contributed by atoms with van der Waals surface area (Å²) in [5.74, 6) is 1.40. The van der Waals surface area contributed by atoms with E-state index < -0.39 is 0 Å². The molecule has 2 aliphatic rings. The number of benzene rings is 2. The molecule has 7 nitrogen and oxygen atoms in total. The Hall–Kier alpha value is -2.84. The molecule has 0 amide bonds. The molecule has 0 radical (unpaired) electrons. The summed E-state index contributed by atoms with van der Waals surface area (Å²) in [6, 6.07) is 13.0. The van der Waals surface area contributed by atoms with Gasteiger partial charge in [0.25, 0.3) is 0 Å². The Labute approximate surface area is 185 Å². The van der Waals surface area contributed by atoms with Gasteiger partial charge in [-0.15, -0.1) is 21.5 Å². The number of rotatable bonds is 5. The smallest absolute Gasteiger partial charge is 0.206 e. The summed E-state index contributed by atoms with van der Waals surface area (Å²) in [5.41, 5.74) is 6.25. The van der Waals surface area contributed by atoms with E-state index in [9.17, 15) is 0 Å². The van der Waals surface area contributed by atoms with Gasteiger partial charge in [0.1, 0.15) is 5.01 Å². The number of fused-ring (bicyclic) bond motifs is 1. The Kier molecular flexibility index (Phi) is 4.69. The normalized spacial score (nSPS) is 17.5. The molecule has 31 heavy (non-hydrogen) atoms. The van der Waals surface area contributed by atoms with Crippen molar-refractivity contribution in [2.24, 2.45) is 0 Å². The topological polar surface area (TPSA) is 73.8 Å². The fourth-order valence-corrected chi connectivity index (χ4v) is 5.60. The van der Waals surface area contributed by atoms with Crippen LogP contribution in [0.25, 0.3) is 21.6 Å². The minimum atomic E-state index is 0.678. The first-order valence-electron chi connectivity index (χ1n) is 10.9. The van der Waals surface area contributed by atoms with E-state index >= 15 is 0 Å². The lowest BCUT2D eigenvalue weighted by Gasteiger charge is -2.36. The summed E-state index contributed by atoms with van der Waals surface area (Å²) in [6.45, 7) is 7.15. The van der Waals surface area contributed by atoms with Gasteiger partial charge in [0, 0.05) is 37.4 Å². The van der Waals surface area contributed by atoms with Gasteiger partial charge in [-0.05, 0) is 66.3 Å². The molecule has 3 heterocycles. The van der Waals surface area contributed by atoms with Crippen molar-refractivity contribution in [2.45, 2.75) is 32.2 Å². The summed E-state index contributed by atoms with van der Waals surface area (Å²) >= 11 is 1.81. The molecule has 0 bridgehead atoms. The lowest BCUT2D eigenvalue weighted by atomic mass is 9.98. The Morgan fingerprint density at radius 3 is 2.68 bits per heavy atom. The Morgan fingerprint density at radius 1 is 1.10 bits per heavy atom. The van der Waals surface area contributed by atoms with Crippen LogP contribution in [0.4, 0.5) is 5.69 Å². The summed E-state index contributed by atoms with van der Waals surface area (Å²) in [6.07, 6.45) is 2.61. The number of hydrogen-bond donors (Lipinski definition) is 1. The number of thiazole rings is 1. The number of aryl methyl sites for hydroxylation is 1. The van der Waals surface area contributed by atoms with Crippen molar-refractivity contribution in [1.29, 1.82) is 0 Å². The molecule has 0 spiro atoms. The van der Waals surface area contributed by atoms with Gasteiger partial charge in [-0.1, -0.05) is 12.1 Å². The van der Waals surface area contributed by atoms with Crippen molar-refractivity contribution >= 4 is 27.2 Å². The highest BCUT2D eigenvalue weighted by Crippen LogP contribution is 2.45. The van der Waals surface area contributed by atoms with Crippen LogP contribution in [-0.4, -0.2) is 56.7 Å². The number of piperazine rings is 1. The zero-order valence-corrected chi connectivity index (χ0v) is 18.4. The van der Waals surface area contributed by atoms with E-state index in [4.69, 9.17) is 4.98 Å². The second-order valence-electron chi connectivity index (χ2n) is 8.57. The summed E-state index contributed by atoms with van der Waals surface area (Å²) in [5, 5.41) is 16.2. The maximum atomic E-state index is 4.82. The fourth-order valence-electron chi connectivity index (χ4n) is 4.59. The van der Waals surface area contributed by atoms with E-state index in [1.165, 1.54) is 39.4 Å². The van der Waals surface area contributed by atoms with Crippen LogP contribution in [0.2, 0.25) is 0 Å². The number of H-pyrrole nitrogens is 1. The number of aromatic nitrogens is 5.